The molecule has 0 aliphatic carbocycles. The molecule has 1 N–H and O–H groups in total. The van der Waals surface area contributed by atoms with Crippen molar-refractivity contribution in [2.24, 2.45) is 16.1 Å². The van der Waals surface area contributed by atoms with Crippen LogP contribution in [0.15, 0.2) is 15.6 Å². The summed E-state index contributed by atoms with van der Waals surface area (Å²) in [5.41, 5.74) is 0.634. The number of anilines is 1. The normalized spacial score (nSPS) is 21.7. The second-order valence-electron chi connectivity index (χ2n) is 7.06. The molecule has 3 heterocycles. The van der Waals surface area contributed by atoms with Crippen molar-refractivity contribution in [1.82, 2.24) is 9.88 Å². The highest BCUT2D eigenvalue weighted by atomic mass is 32.1. The van der Waals surface area contributed by atoms with Gasteiger partial charge in [0.15, 0.2) is 10.8 Å². The van der Waals surface area contributed by atoms with E-state index >= 15 is 0 Å². The van der Waals surface area contributed by atoms with Crippen molar-refractivity contribution in [3.8, 4) is 12.3 Å². The summed E-state index contributed by atoms with van der Waals surface area (Å²) in [6.45, 7) is 5.43. The van der Waals surface area contributed by atoms with Gasteiger partial charge in [0, 0.05) is 44.2 Å². The van der Waals surface area contributed by atoms with E-state index in [2.05, 4.69) is 38.3 Å². The fourth-order valence-electron chi connectivity index (χ4n) is 3.26. The van der Waals surface area contributed by atoms with Gasteiger partial charge in [-0.25, -0.2) is 4.98 Å². The molecule has 1 aromatic rings. The van der Waals surface area contributed by atoms with Gasteiger partial charge < -0.3 is 5.32 Å². The van der Waals surface area contributed by atoms with E-state index in [0.717, 1.165) is 37.7 Å². The van der Waals surface area contributed by atoms with E-state index in [1.54, 1.807) is 0 Å². The average molecular weight is 359 g/mol. The number of hydrogen-bond acceptors (Lipinski definition) is 6. The van der Waals surface area contributed by atoms with E-state index in [1.165, 1.54) is 24.2 Å². The second kappa shape index (κ2) is 8.07. The number of amides is 1. The van der Waals surface area contributed by atoms with Gasteiger partial charge in [0.2, 0.25) is 5.91 Å². The Hall–Kier alpha value is -1.78. The standard InChI is InChI=1S/C18H25N5OS/c1-3-4-8-18(21-22-18)9-7-16(24)20-17-19-15(13-25-17)12-23-10-5-6-14(2)11-23/h1,13-14H,4-12H2,2H3,(H,19,20,24). The molecular weight excluding hydrogens is 334 g/mol. The number of likely N-dealkylation sites (tertiary alicyclic amines) is 1. The van der Waals surface area contributed by atoms with Crippen molar-refractivity contribution in [2.45, 2.75) is 57.7 Å². The zero-order chi connectivity index (χ0) is 17.7. The molecule has 2 aliphatic heterocycles. The average Bonchev–Trinajstić information content (AvgIpc) is 3.24. The van der Waals surface area contributed by atoms with E-state index in [0.29, 0.717) is 24.4 Å². The fraction of sp³-hybridized carbons (Fsp3) is 0.667. The van der Waals surface area contributed by atoms with Gasteiger partial charge >= 0.3 is 0 Å². The van der Waals surface area contributed by atoms with Gasteiger partial charge in [0.05, 0.1) is 5.69 Å². The summed E-state index contributed by atoms with van der Waals surface area (Å²) in [4.78, 5) is 19.1. The fourth-order valence-corrected chi connectivity index (χ4v) is 3.98. The van der Waals surface area contributed by atoms with Crippen LogP contribution >= 0.6 is 11.3 Å². The van der Waals surface area contributed by atoms with Crippen LogP contribution in [0.3, 0.4) is 0 Å². The predicted octanol–water partition coefficient (Wildman–Crippen LogP) is 3.67. The van der Waals surface area contributed by atoms with Crippen LogP contribution in [0.1, 0.15) is 51.1 Å². The maximum Gasteiger partial charge on any atom is 0.226 e. The maximum atomic E-state index is 12.1. The van der Waals surface area contributed by atoms with Gasteiger partial charge in [-0.2, -0.15) is 10.2 Å². The van der Waals surface area contributed by atoms with Crippen LogP contribution in [0.2, 0.25) is 0 Å². The van der Waals surface area contributed by atoms with E-state index < -0.39 is 5.66 Å². The van der Waals surface area contributed by atoms with Crippen molar-refractivity contribution in [3.05, 3.63) is 11.1 Å². The number of aromatic nitrogens is 1. The summed E-state index contributed by atoms with van der Waals surface area (Å²) in [5, 5.41) is 13.7. The van der Waals surface area contributed by atoms with E-state index in [4.69, 9.17) is 6.42 Å². The van der Waals surface area contributed by atoms with Gasteiger partial charge in [0.25, 0.3) is 0 Å². The van der Waals surface area contributed by atoms with Crippen molar-refractivity contribution in [3.63, 3.8) is 0 Å². The van der Waals surface area contributed by atoms with Crippen LogP contribution in [-0.4, -0.2) is 34.5 Å². The van der Waals surface area contributed by atoms with Crippen molar-refractivity contribution < 1.29 is 4.79 Å². The molecule has 25 heavy (non-hydrogen) atoms. The smallest absolute Gasteiger partial charge is 0.226 e. The quantitative estimate of drug-likeness (QED) is 0.720. The zero-order valence-electron chi connectivity index (χ0n) is 14.7. The van der Waals surface area contributed by atoms with Gasteiger partial charge in [-0.05, 0) is 25.3 Å². The van der Waals surface area contributed by atoms with Crippen LogP contribution in [0.4, 0.5) is 5.13 Å². The Balaban J connectivity index is 1.42. The van der Waals surface area contributed by atoms with Crippen LogP contribution < -0.4 is 5.32 Å². The summed E-state index contributed by atoms with van der Waals surface area (Å²) in [6.07, 6.45) is 10.2. The number of thiazole rings is 1. The van der Waals surface area contributed by atoms with Gasteiger partial charge in [-0.15, -0.1) is 23.7 Å². The molecule has 1 saturated heterocycles. The first kappa shape index (κ1) is 18.0. The van der Waals surface area contributed by atoms with Crippen LogP contribution in [0.25, 0.3) is 0 Å². The van der Waals surface area contributed by atoms with Crippen LogP contribution in [0, 0.1) is 18.3 Å². The number of terminal acetylenes is 1. The molecule has 1 unspecified atom stereocenters. The Morgan fingerprint density at radius 1 is 1.52 bits per heavy atom. The van der Waals surface area contributed by atoms with Gasteiger partial charge in [-0.1, -0.05) is 6.92 Å². The lowest BCUT2D eigenvalue weighted by molar-refractivity contribution is -0.116. The minimum atomic E-state index is -0.400. The van der Waals surface area contributed by atoms with Gasteiger partial charge in [0.1, 0.15) is 0 Å². The maximum absolute atomic E-state index is 12.1. The summed E-state index contributed by atoms with van der Waals surface area (Å²) in [7, 11) is 0. The molecule has 0 bridgehead atoms. The highest BCUT2D eigenvalue weighted by Crippen LogP contribution is 2.37. The van der Waals surface area contributed by atoms with E-state index in [9.17, 15) is 4.79 Å². The molecule has 6 nitrogen and oxygen atoms in total. The highest BCUT2D eigenvalue weighted by molar-refractivity contribution is 7.13. The lowest BCUT2D eigenvalue weighted by Gasteiger charge is -2.30. The number of rotatable bonds is 8. The largest absolute Gasteiger partial charge is 0.302 e. The molecule has 0 saturated carbocycles. The molecular formula is C18H25N5OS. The van der Waals surface area contributed by atoms with E-state index in [1.807, 2.05) is 5.38 Å². The molecule has 1 amide bonds. The minimum absolute atomic E-state index is 0.0372. The summed E-state index contributed by atoms with van der Waals surface area (Å²) in [5.74, 6) is 3.32. The number of piperidine rings is 1. The zero-order valence-corrected chi connectivity index (χ0v) is 15.5. The van der Waals surface area contributed by atoms with Crippen LogP contribution in [0.5, 0.6) is 0 Å². The molecule has 7 heteroatoms. The predicted molar refractivity (Wildman–Crippen MR) is 99.3 cm³/mol. The number of hydrogen-bond donors (Lipinski definition) is 1. The number of carbonyl (C=O) groups is 1. The Morgan fingerprint density at radius 2 is 2.36 bits per heavy atom. The lowest BCUT2D eigenvalue weighted by Crippen LogP contribution is -2.33. The monoisotopic (exact) mass is 359 g/mol. The Morgan fingerprint density at radius 3 is 3.08 bits per heavy atom. The molecule has 1 fully saturated rings. The van der Waals surface area contributed by atoms with Crippen molar-refractivity contribution >= 4 is 22.4 Å². The Kier molecular flexibility index (Phi) is 5.82. The van der Waals surface area contributed by atoms with Crippen molar-refractivity contribution in [2.75, 3.05) is 18.4 Å². The SMILES string of the molecule is C#CCCC1(CCC(=O)Nc2nc(CN3CCCC(C)C3)cs2)N=N1. The minimum Gasteiger partial charge on any atom is -0.302 e. The molecule has 1 aromatic heterocycles. The topological polar surface area (TPSA) is 70.0 Å². The molecule has 0 spiro atoms. The number of nitrogens with zero attached hydrogens (tertiary/aromatic N) is 4. The number of carbonyl (C=O) groups excluding carboxylic acids is 1. The Labute approximate surface area is 153 Å². The van der Waals surface area contributed by atoms with E-state index in [-0.39, 0.29) is 5.91 Å². The third kappa shape index (κ3) is 5.35. The summed E-state index contributed by atoms with van der Waals surface area (Å²) >= 11 is 1.49. The second-order valence-corrected chi connectivity index (χ2v) is 7.92. The first-order chi connectivity index (χ1) is 12.1. The highest BCUT2D eigenvalue weighted by Gasteiger charge is 2.39. The molecule has 0 aromatic carbocycles. The Bertz CT molecular complexity index is 671. The molecule has 134 valence electrons. The molecule has 2 aliphatic rings. The molecule has 1 atom stereocenters. The molecule has 0 radical (unpaired) electrons. The first-order valence-electron chi connectivity index (χ1n) is 8.93. The van der Waals surface area contributed by atoms with Gasteiger partial charge in [-0.3, -0.25) is 9.69 Å². The third-order valence-electron chi connectivity index (χ3n) is 4.73. The molecule has 3 rings (SSSR count). The lowest BCUT2D eigenvalue weighted by atomic mass is 10.0. The van der Waals surface area contributed by atoms with Crippen molar-refractivity contribution in [1.29, 1.82) is 0 Å². The number of nitrogens with one attached hydrogen (secondary N) is 1. The first-order valence-corrected chi connectivity index (χ1v) is 9.81. The summed E-state index contributed by atoms with van der Waals surface area (Å²) in [6, 6.07) is 0. The summed E-state index contributed by atoms with van der Waals surface area (Å²) < 4.78 is 0. The third-order valence-corrected chi connectivity index (χ3v) is 5.54. The van der Waals surface area contributed by atoms with Crippen LogP contribution in [-0.2, 0) is 11.3 Å².